The summed E-state index contributed by atoms with van der Waals surface area (Å²) in [7, 11) is 1.64. The molecule has 0 atom stereocenters. The molecule has 0 bridgehead atoms. The number of hydrogen-bond donors (Lipinski definition) is 2. The first-order valence-corrected chi connectivity index (χ1v) is 6.66. The fraction of sp³-hybridized carbons (Fsp3) is 0.400. The van der Waals surface area contributed by atoms with Crippen LogP contribution >= 0.6 is 0 Å². The van der Waals surface area contributed by atoms with Crippen molar-refractivity contribution >= 4 is 16.8 Å². The van der Waals surface area contributed by atoms with Crippen molar-refractivity contribution < 1.29 is 14.6 Å². The summed E-state index contributed by atoms with van der Waals surface area (Å²) < 4.78 is 7.29. The van der Waals surface area contributed by atoms with E-state index in [2.05, 4.69) is 5.32 Å². The van der Waals surface area contributed by atoms with Gasteiger partial charge in [-0.05, 0) is 30.2 Å². The van der Waals surface area contributed by atoms with E-state index in [0.29, 0.717) is 13.1 Å². The number of aromatic nitrogens is 1. The van der Waals surface area contributed by atoms with E-state index < -0.39 is 0 Å². The van der Waals surface area contributed by atoms with Gasteiger partial charge in [0.1, 0.15) is 5.75 Å². The topological polar surface area (TPSA) is 63.5 Å². The summed E-state index contributed by atoms with van der Waals surface area (Å²) in [5.41, 5.74) is 2.21. The molecule has 0 radical (unpaired) electrons. The van der Waals surface area contributed by atoms with Gasteiger partial charge >= 0.3 is 0 Å². The maximum absolute atomic E-state index is 10.9. The van der Waals surface area contributed by atoms with Crippen molar-refractivity contribution in [2.45, 2.75) is 19.9 Å². The molecular weight excluding hydrogens is 256 g/mol. The molecule has 5 heteroatoms. The zero-order valence-electron chi connectivity index (χ0n) is 11.8. The number of methoxy groups -OCH3 is 1. The van der Waals surface area contributed by atoms with E-state index in [4.69, 9.17) is 9.84 Å². The molecule has 2 N–H and O–H groups in total. The number of nitrogens with zero attached hydrogens (tertiary/aromatic N) is 1. The van der Waals surface area contributed by atoms with Crippen LogP contribution in [0.5, 0.6) is 5.75 Å². The quantitative estimate of drug-likeness (QED) is 0.836. The first-order chi connectivity index (χ1) is 9.65. The van der Waals surface area contributed by atoms with E-state index in [0.717, 1.165) is 28.6 Å². The first kappa shape index (κ1) is 14.4. The number of carbonyl (C=O) groups is 1. The number of aliphatic hydroxyl groups excluding tert-OH is 1. The molecule has 0 aliphatic rings. The van der Waals surface area contributed by atoms with Crippen molar-refractivity contribution in [3.8, 4) is 5.75 Å². The molecule has 108 valence electrons. The number of ether oxygens (including phenoxy) is 1. The number of hydrogen-bond acceptors (Lipinski definition) is 3. The number of nitrogens with one attached hydrogen (secondary N) is 1. The minimum Gasteiger partial charge on any atom is -0.497 e. The molecule has 1 amide bonds. The van der Waals surface area contributed by atoms with Crippen LogP contribution in [0.4, 0.5) is 0 Å². The minimum absolute atomic E-state index is 0.0262. The number of benzene rings is 1. The molecule has 2 rings (SSSR count). The number of fused-ring (bicyclic) bond motifs is 1. The summed E-state index contributed by atoms with van der Waals surface area (Å²) in [4.78, 5) is 10.9. The molecular formula is C15H20N2O3. The molecule has 0 fully saturated rings. The van der Waals surface area contributed by atoms with Gasteiger partial charge in [0, 0.05) is 37.1 Å². The third kappa shape index (κ3) is 3.11. The second-order valence-corrected chi connectivity index (χ2v) is 4.69. The number of carbonyl (C=O) groups excluding carboxylic acids is 1. The zero-order chi connectivity index (χ0) is 14.5. The highest BCUT2D eigenvalue weighted by Crippen LogP contribution is 2.26. The number of aliphatic hydroxyl groups is 1. The average Bonchev–Trinajstić information content (AvgIpc) is 2.76. The Hall–Kier alpha value is -2.01. The van der Waals surface area contributed by atoms with Crippen molar-refractivity contribution in [3.63, 3.8) is 0 Å². The van der Waals surface area contributed by atoms with Gasteiger partial charge in [-0.3, -0.25) is 4.79 Å². The first-order valence-electron chi connectivity index (χ1n) is 6.66. The van der Waals surface area contributed by atoms with Gasteiger partial charge in [0.05, 0.1) is 13.7 Å². The van der Waals surface area contributed by atoms with Gasteiger partial charge in [0.25, 0.3) is 0 Å². The molecule has 1 aromatic carbocycles. The standard InChI is InChI=1S/C15H20N2O3/c1-11(19)16-6-5-12-10-17(7-8-18)15-4-3-13(20-2)9-14(12)15/h3-4,9-10,18H,5-8H2,1-2H3,(H,16,19). The Morgan fingerprint density at radius 1 is 1.45 bits per heavy atom. The third-order valence-corrected chi connectivity index (χ3v) is 3.28. The largest absolute Gasteiger partial charge is 0.497 e. The molecule has 1 heterocycles. The molecule has 1 aromatic heterocycles. The summed E-state index contributed by atoms with van der Waals surface area (Å²) in [6.07, 6.45) is 2.78. The van der Waals surface area contributed by atoms with Crippen molar-refractivity contribution in [3.05, 3.63) is 30.0 Å². The Morgan fingerprint density at radius 2 is 2.25 bits per heavy atom. The Morgan fingerprint density at radius 3 is 2.90 bits per heavy atom. The van der Waals surface area contributed by atoms with Gasteiger partial charge in [0.2, 0.25) is 5.91 Å². The molecule has 0 unspecified atom stereocenters. The smallest absolute Gasteiger partial charge is 0.216 e. The van der Waals surface area contributed by atoms with E-state index >= 15 is 0 Å². The fourth-order valence-electron chi connectivity index (χ4n) is 2.34. The maximum Gasteiger partial charge on any atom is 0.216 e. The number of rotatable bonds is 6. The highest BCUT2D eigenvalue weighted by Gasteiger charge is 2.09. The summed E-state index contributed by atoms with van der Waals surface area (Å²) in [5, 5.41) is 13.0. The lowest BCUT2D eigenvalue weighted by molar-refractivity contribution is -0.118. The molecule has 2 aromatic rings. The number of amides is 1. The van der Waals surface area contributed by atoms with E-state index in [9.17, 15) is 4.79 Å². The Balaban J connectivity index is 2.33. The van der Waals surface area contributed by atoms with Crippen LogP contribution in [-0.4, -0.2) is 35.8 Å². The Kier molecular flexibility index (Phi) is 4.63. The van der Waals surface area contributed by atoms with Crippen LogP contribution in [0, 0.1) is 0 Å². The highest BCUT2D eigenvalue weighted by atomic mass is 16.5. The SMILES string of the molecule is COc1ccc2c(c1)c(CCNC(C)=O)cn2CCO. The van der Waals surface area contributed by atoms with Gasteiger partial charge in [-0.25, -0.2) is 0 Å². The Bertz CT molecular complexity index is 604. The summed E-state index contributed by atoms with van der Waals surface area (Å²) in [6.45, 7) is 2.77. The van der Waals surface area contributed by atoms with Gasteiger partial charge in [-0.15, -0.1) is 0 Å². The van der Waals surface area contributed by atoms with Gasteiger partial charge in [-0.1, -0.05) is 0 Å². The molecule has 0 spiro atoms. The lowest BCUT2D eigenvalue weighted by Gasteiger charge is -2.04. The zero-order valence-corrected chi connectivity index (χ0v) is 11.8. The fourth-order valence-corrected chi connectivity index (χ4v) is 2.34. The minimum atomic E-state index is -0.0262. The highest BCUT2D eigenvalue weighted by molar-refractivity contribution is 5.85. The van der Waals surface area contributed by atoms with E-state index in [1.807, 2.05) is 29.0 Å². The average molecular weight is 276 g/mol. The van der Waals surface area contributed by atoms with Crippen LogP contribution in [0.15, 0.2) is 24.4 Å². The van der Waals surface area contributed by atoms with Crippen molar-refractivity contribution in [1.29, 1.82) is 0 Å². The van der Waals surface area contributed by atoms with Gasteiger partial charge in [-0.2, -0.15) is 0 Å². The van der Waals surface area contributed by atoms with Crippen LogP contribution in [0.3, 0.4) is 0 Å². The molecule has 0 saturated heterocycles. The van der Waals surface area contributed by atoms with Gasteiger partial charge in [0.15, 0.2) is 0 Å². The van der Waals surface area contributed by atoms with Crippen LogP contribution in [-0.2, 0) is 17.8 Å². The van der Waals surface area contributed by atoms with Gasteiger partial charge < -0.3 is 19.7 Å². The summed E-state index contributed by atoms with van der Waals surface area (Å²) in [5.74, 6) is 0.779. The molecule has 20 heavy (non-hydrogen) atoms. The second kappa shape index (κ2) is 6.43. The van der Waals surface area contributed by atoms with Crippen LogP contribution in [0.1, 0.15) is 12.5 Å². The predicted molar refractivity (Wildman–Crippen MR) is 78.0 cm³/mol. The second-order valence-electron chi connectivity index (χ2n) is 4.69. The predicted octanol–water partition coefficient (Wildman–Crippen LogP) is 1.32. The summed E-state index contributed by atoms with van der Waals surface area (Å²) in [6, 6.07) is 5.89. The van der Waals surface area contributed by atoms with Crippen molar-refractivity contribution in [1.82, 2.24) is 9.88 Å². The molecule has 0 saturated carbocycles. The molecule has 5 nitrogen and oxygen atoms in total. The lowest BCUT2D eigenvalue weighted by Crippen LogP contribution is -2.22. The summed E-state index contributed by atoms with van der Waals surface area (Å²) >= 11 is 0. The van der Waals surface area contributed by atoms with Crippen molar-refractivity contribution in [2.24, 2.45) is 0 Å². The monoisotopic (exact) mass is 276 g/mol. The van der Waals surface area contributed by atoms with Crippen LogP contribution < -0.4 is 10.1 Å². The van der Waals surface area contributed by atoms with Crippen LogP contribution in [0.25, 0.3) is 10.9 Å². The van der Waals surface area contributed by atoms with E-state index in [-0.39, 0.29) is 12.5 Å². The van der Waals surface area contributed by atoms with E-state index in [1.165, 1.54) is 6.92 Å². The van der Waals surface area contributed by atoms with Crippen molar-refractivity contribution in [2.75, 3.05) is 20.3 Å². The van der Waals surface area contributed by atoms with Crippen LogP contribution in [0.2, 0.25) is 0 Å². The molecule has 0 aliphatic heterocycles. The maximum atomic E-state index is 10.9. The van der Waals surface area contributed by atoms with E-state index in [1.54, 1.807) is 7.11 Å². The lowest BCUT2D eigenvalue weighted by atomic mass is 10.1. The molecule has 0 aliphatic carbocycles. The normalized spacial score (nSPS) is 10.8. The Labute approximate surface area is 118 Å². The third-order valence-electron chi connectivity index (χ3n) is 3.28.